The monoisotopic (exact) mass is 250 g/mol. The molecule has 2 heterocycles. The highest BCUT2D eigenvalue weighted by atomic mass is 19.1. The number of piperidine rings is 1. The molecule has 1 aromatic heterocycles. The minimum absolute atomic E-state index is 0.194. The highest BCUT2D eigenvalue weighted by molar-refractivity contribution is 5.42. The van der Waals surface area contributed by atoms with E-state index in [1.807, 2.05) is 0 Å². The van der Waals surface area contributed by atoms with Crippen molar-refractivity contribution in [3.05, 3.63) is 23.6 Å². The fraction of sp³-hybridized carbons (Fsp3) is 0.667. The van der Waals surface area contributed by atoms with Gasteiger partial charge in [0.1, 0.15) is 0 Å². The topological polar surface area (TPSA) is 16.1 Å². The normalized spacial score (nSPS) is 24.7. The van der Waals surface area contributed by atoms with Gasteiger partial charge in [-0.3, -0.25) is 0 Å². The first kappa shape index (κ1) is 13.3. The van der Waals surface area contributed by atoms with Crippen molar-refractivity contribution in [3.63, 3.8) is 0 Å². The molecule has 2 atom stereocenters. The smallest absolute Gasteiger partial charge is 0.165 e. The van der Waals surface area contributed by atoms with E-state index in [2.05, 4.69) is 37.6 Å². The van der Waals surface area contributed by atoms with Crippen LogP contribution >= 0.6 is 0 Å². The van der Waals surface area contributed by atoms with E-state index in [0.717, 1.165) is 18.8 Å². The molecule has 0 N–H and O–H groups in total. The van der Waals surface area contributed by atoms with E-state index in [9.17, 15) is 4.39 Å². The zero-order valence-corrected chi connectivity index (χ0v) is 11.8. The lowest BCUT2D eigenvalue weighted by Gasteiger charge is -2.36. The Morgan fingerprint density at radius 3 is 2.39 bits per heavy atom. The van der Waals surface area contributed by atoms with Crippen LogP contribution in [0, 0.1) is 17.7 Å². The molecule has 1 aliphatic heterocycles. The SMILES string of the molecule is CC(C)c1ccc(F)c(N2C[C@H](C)C[C@H](C)C2)n1. The van der Waals surface area contributed by atoms with E-state index >= 15 is 0 Å². The van der Waals surface area contributed by atoms with Crippen molar-refractivity contribution in [1.29, 1.82) is 0 Å². The summed E-state index contributed by atoms with van der Waals surface area (Å²) in [6, 6.07) is 3.35. The molecular formula is C15H23FN2. The molecule has 2 nitrogen and oxygen atoms in total. The number of nitrogens with zero attached hydrogens (tertiary/aromatic N) is 2. The summed E-state index contributed by atoms with van der Waals surface area (Å²) in [5, 5.41) is 0. The maximum atomic E-state index is 14.0. The number of rotatable bonds is 2. The van der Waals surface area contributed by atoms with Gasteiger partial charge in [-0.15, -0.1) is 0 Å². The van der Waals surface area contributed by atoms with E-state index in [4.69, 9.17) is 0 Å². The molecule has 1 aliphatic rings. The van der Waals surface area contributed by atoms with Crippen LogP contribution in [0.5, 0.6) is 0 Å². The van der Waals surface area contributed by atoms with Gasteiger partial charge in [0.15, 0.2) is 11.6 Å². The van der Waals surface area contributed by atoms with Crippen LogP contribution in [0.1, 0.15) is 45.7 Å². The molecule has 100 valence electrons. The molecule has 1 fully saturated rings. The Morgan fingerprint density at radius 2 is 1.83 bits per heavy atom. The van der Waals surface area contributed by atoms with Gasteiger partial charge < -0.3 is 4.90 Å². The Morgan fingerprint density at radius 1 is 1.22 bits per heavy atom. The van der Waals surface area contributed by atoms with Gasteiger partial charge >= 0.3 is 0 Å². The number of aromatic nitrogens is 1. The lowest BCUT2D eigenvalue weighted by molar-refractivity contribution is 0.352. The zero-order valence-electron chi connectivity index (χ0n) is 11.8. The van der Waals surface area contributed by atoms with Gasteiger partial charge in [-0.05, 0) is 36.3 Å². The molecule has 0 bridgehead atoms. The zero-order chi connectivity index (χ0) is 13.3. The minimum atomic E-state index is -0.194. The van der Waals surface area contributed by atoms with Crippen molar-refractivity contribution in [1.82, 2.24) is 4.98 Å². The summed E-state index contributed by atoms with van der Waals surface area (Å²) in [6.07, 6.45) is 1.22. The van der Waals surface area contributed by atoms with Gasteiger partial charge in [0.05, 0.1) is 0 Å². The van der Waals surface area contributed by atoms with Crippen LogP contribution in [0.2, 0.25) is 0 Å². The predicted octanol–water partition coefficient (Wildman–Crippen LogP) is 3.83. The van der Waals surface area contributed by atoms with Crippen molar-refractivity contribution >= 4 is 5.82 Å². The van der Waals surface area contributed by atoms with E-state index in [1.54, 1.807) is 12.1 Å². The van der Waals surface area contributed by atoms with Gasteiger partial charge in [0, 0.05) is 18.8 Å². The van der Waals surface area contributed by atoms with Crippen LogP contribution in [0.4, 0.5) is 10.2 Å². The van der Waals surface area contributed by atoms with E-state index in [0.29, 0.717) is 23.6 Å². The van der Waals surface area contributed by atoms with Crippen molar-refractivity contribution in [2.24, 2.45) is 11.8 Å². The van der Waals surface area contributed by atoms with Crippen LogP contribution in [-0.2, 0) is 0 Å². The summed E-state index contributed by atoms with van der Waals surface area (Å²) in [5.41, 5.74) is 0.970. The Labute approximate surface area is 109 Å². The molecule has 0 saturated carbocycles. The molecule has 0 aliphatic carbocycles. The van der Waals surface area contributed by atoms with Crippen LogP contribution in [0.15, 0.2) is 12.1 Å². The maximum Gasteiger partial charge on any atom is 0.165 e. The third-order valence-electron chi connectivity index (χ3n) is 3.61. The molecule has 2 rings (SSSR count). The number of halogens is 1. The minimum Gasteiger partial charge on any atom is -0.354 e. The van der Waals surface area contributed by atoms with Gasteiger partial charge in [0.2, 0.25) is 0 Å². The third kappa shape index (κ3) is 2.82. The summed E-state index contributed by atoms with van der Waals surface area (Å²) in [5.74, 6) is 1.90. The van der Waals surface area contributed by atoms with Gasteiger partial charge in [-0.2, -0.15) is 0 Å². The number of hydrogen-bond acceptors (Lipinski definition) is 2. The Balaban J connectivity index is 2.28. The molecule has 0 unspecified atom stereocenters. The third-order valence-corrected chi connectivity index (χ3v) is 3.61. The second-order valence-electron chi connectivity index (χ2n) is 6.05. The van der Waals surface area contributed by atoms with Crippen molar-refractivity contribution in [2.75, 3.05) is 18.0 Å². The molecular weight excluding hydrogens is 227 g/mol. The first-order chi connectivity index (χ1) is 8.47. The van der Waals surface area contributed by atoms with Crippen molar-refractivity contribution in [2.45, 2.75) is 40.0 Å². The summed E-state index contributed by atoms with van der Waals surface area (Å²) >= 11 is 0. The van der Waals surface area contributed by atoms with E-state index in [-0.39, 0.29) is 5.82 Å². The number of anilines is 1. The van der Waals surface area contributed by atoms with Crippen LogP contribution < -0.4 is 4.90 Å². The highest BCUT2D eigenvalue weighted by Crippen LogP contribution is 2.28. The lowest BCUT2D eigenvalue weighted by atomic mass is 9.92. The van der Waals surface area contributed by atoms with Crippen molar-refractivity contribution < 1.29 is 4.39 Å². The molecule has 0 spiro atoms. The standard InChI is InChI=1S/C15H23FN2/c1-10(2)14-6-5-13(16)15(17-14)18-8-11(3)7-12(4)9-18/h5-6,10-12H,7-9H2,1-4H3/t11-,12+. The van der Waals surface area contributed by atoms with Crippen molar-refractivity contribution in [3.8, 4) is 0 Å². The maximum absolute atomic E-state index is 14.0. The average Bonchev–Trinajstić information content (AvgIpc) is 2.27. The van der Waals surface area contributed by atoms with Gasteiger partial charge in [-0.25, -0.2) is 9.37 Å². The van der Waals surface area contributed by atoms with E-state index < -0.39 is 0 Å². The largest absolute Gasteiger partial charge is 0.354 e. The summed E-state index contributed by atoms with van der Waals surface area (Å²) in [7, 11) is 0. The second-order valence-corrected chi connectivity index (χ2v) is 6.05. The first-order valence-electron chi connectivity index (χ1n) is 6.88. The Bertz CT molecular complexity index is 407. The molecule has 3 heteroatoms. The number of hydrogen-bond donors (Lipinski definition) is 0. The fourth-order valence-corrected chi connectivity index (χ4v) is 2.83. The predicted molar refractivity (Wildman–Crippen MR) is 73.4 cm³/mol. The first-order valence-corrected chi connectivity index (χ1v) is 6.88. The molecule has 1 saturated heterocycles. The van der Waals surface area contributed by atoms with Crippen LogP contribution in [0.3, 0.4) is 0 Å². The highest BCUT2D eigenvalue weighted by Gasteiger charge is 2.25. The summed E-state index contributed by atoms with van der Waals surface area (Å²) < 4.78 is 14.0. The average molecular weight is 250 g/mol. The lowest BCUT2D eigenvalue weighted by Crippen LogP contribution is -2.39. The molecule has 0 radical (unpaired) electrons. The molecule has 18 heavy (non-hydrogen) atoms. The van der Waals surface area contributed by atoms with Crippen LogP contribution in [-0.4, -0.2) is 18.1 Å². The molecule has 1 aromatic rings. The summed E-state index contributed by atoms with van der Waals surface area (Å²) in [6.45, 7) is 10.5. The van der Waals surface area contributed by atoms with Gasteiger partial charge in [0.25, 0.3) is 0 Å². The Kier molecular flexibility index (Phi) is 3.88. The summed E-state index contributed by atoms with van der Waals surface area (Å²) in [4.78, 5) is 6.63. The quantitative estimate of drug-likeness (QED) is 0.793. The number of pyridine rings is 1. The Hall–Kier alpha value is -1.12. The van der Waals surface area contributed by atoms with E-state index in [1.165, 1.54) is 6.42 Å². The molecule has 0 amide bonds. The van der Waals surface area contributed by atoms with Gasteiger partial charge in [-0.1, -0.05) is 27.7 Å². The van der Waals surface area contributed by atoms with Crippen LogP contribution in [0.25, 0.3) is 0 Å². The fourth-order valence-electron chi connectivity index (χ4n) is 2.83. The second kappa shape index (κ2) is 5.25. The molecule has 0 aromatic carbocycles.